The Hall–Kier alpha value is -3.76. The van der Waals surface area contributed by atoms with E-state index in [0.717, 1.165) is 11.3 Å². The van der Waals surface area contributed by atoms with Crippen molar-refractivity contribution in [3.05, 3.63) is 76.9 Å². The van der Waals surface area contributed by atoms with Crippen LogP contribution >= 0.6 is 0 Å². The Morgan fingerprint density at radius 3 is 2.26 bits per heavy atom. The molecule has 0 aliphatic rings. The zero-order valence-corrected chi connectivity index (χ0v) is 22.7. The summed E-state index contributed by atoms with van der Waals surface area (Å²) in [6.07, 6.45) is -2.18. The number of aliphatic hydroxyl groups is 2. The summed E-state index contributed by atoms with van der Waals surface area (Å²) in [6, 6.07) is 13.2. The molecule has 10 heteroatoms. The highest BCUT2D eigenvalue weighted by molar-refractivity contribution is 5.94. The monoisotopic (exact) mass is 541 g/mol. The number of hydrogen-bond acceptors (Lipinski definition) is 6. The first-order chi connectivity index (χ1) is 18.5. The van der Waals surface area contributed by atoms with Gasteiger partial charge in [0.15, 0.2) is 5.69 Å². The van der Waals surface area contributed by atoms with Crippen molar-refractivity contribution in [2.45, 2.75) is 64.2 Å². The number of hydrogen-bond donors (Lipinski definition) is 3. The molecular formula is C29H36FN3O6. The second kappa shape index (κ2) is 13.3. The lowest BCUT2D eigenvalue weighted by Gasteiger charge is -2.18. The van der Waals surface area contributed by atoms with Gasteiger partial charge in [0.1, 0.15) is 11.6 Å². The third-order valence-corrected chi connectivity index (χ3v) is 6.47. The fourth-order valence-electron chi connectivity index (χ4n) is 4.54. The highest BCUT2D eigenvalue weighted by Crippen LogP contribution is 2.29. The van der Waals surface area contributed by atoms with Gasteiger partial charge in [0.25, 0.3) is 5.91 Å². The lowest BCUT2D eigenvalue weighted by atomic mass is 9.95. The van der Waals surface area contributed by atoms with Crippen molar-refractivity contribution in [1.29, 1.82) is 0 Å². The van der Waals surface area contributed by atoms with Gasteiger partial charge in [-0.25, -0.2) is 9.07 Å². The number of carbonyl (C=O) groups is 2. The Morgan fingerprint density at radius 1 is 1.05 bits per heavy atom. The first-order valence-electron chi connectivity index (χ1n) is 12.8. The second-order valence-electron chi connectivity index (χ2n) is 9.94. The van der Waals surface area contributed by atoms with Gasteiger partial charge < -0.3 is 25.0 Å². The number of carbonyl (C=O) groups excluding carboxylic acids is 1. The fraction of sp³-hybridized carbons (Fsp3) is 0.414. The van der Waals surface area contributed by atoms with E-state index < -0.39 is 30.4 Å². The Balaban J connectivity index is 1.93. The van der Waals surface area contributed by atoms with E-state index in [4.69, 9.17) is 9.84 Å². The van der Waals surface area contributed by atoms with Crippen LogP contribution in [0.15, 0.2) is 48.5 Å². The molecular weight excluding hydrogens is 505 g/mol. The summed E-state index contributed by atoms with van der Waals surface area (Å²) in [7, 11) is 3.28. The summed E-state index contributed by atoms with van der Waals surface area (Å²) in [5.74, 6) is -1.22. The Bertz CT molecular complexity index is 1260. The highest BCUT2D eigenvalue weighted by Gasteiger charge is 2.28. The molecule has 2 aromatic carbocycles. The van der Waals surface area contributed by atoms with Gasteiger partial charge in [-0.1, -0.05) is 26.0 Å². The molecule has 3 aromatic rings. The smallest absolute Gasteiger partial charge is 0.305 e. The molecule has 3 N–H and O–H groups in total. The Kier molecular flexibility index (Phi) is 10.2. The number of carboxylic acid groups (broad SMARTS) is 1. The van der Waals surface area contributed by atoms with Crippen LogP contribution in [0.25, 0.3) is 5.69 Å². The molecule has 2 atom stereocenters. The first-order valence-corrected chi connectivity index (χ1v) is 12.8. The number of aliphatic hydroxyl groups excluding tert-OH is 2. The summed E-state index contributed by atoms with van der Waals surface area (Å²) in [5, 5.41) is 34.0. The Morgan fingerprint density at radius 2 is 1.69 bits per heavy atom. The number of amides is 1. The lowest BCUT2D eigenvalue weighted by Crippen LogP contribution is -2.27. The van der Waals surface area contributed by atoms with Gasteiger partial charge in [0, 0.05) is 24.8 Å². The molecule has 0 radical (unpaired) electrons. The average molecular weight is 542 g/mol. The molecule has 1 aromatic heterocycles. The van der Waals surface area contributed by atoms with Crippen LogP contribution in [0.3, 0.4) is 0 Å². The molecule has 1 unspecified atom stereocenters. The summed E-state index contributed by atoms with van der Waals surface area (Å²) >= 11 is 0. The predicted octanol–water partition coefficient (Wildman–Crippen LogP) is 3.93. The van der Waals surface area contributed by atoms with Gasteiger partial charge in [-0.3, -0.25) is 9.59 Å². The molecule has 210 valence electrons. The predicted molar refractivity (Wildman–Crippen MR) is 144 cm³/mol. The van der Waals surface area contributed by atoms with E-state index >= 15 is 0 Å². The van der Waals surface area contributed by atoms with Crippen molar-refractivity contribution in [3.63, 3.8) is 0 Å². The largest absolute Gasteiger partial charge is 0.497 e. The van der Waals surface area contributed by atoms with Crippen molar-refractivity contribution >= 4 is 11.9 Å². The minimum atomic E-state index is -1.17. The van der Waals surface area contributed by atoms with Gasteiger partial charge in [-0.15, -0.1) is 0 Å². The number of benzene rings is 2. The van der Waals surface area contributed by atoms with Crippen LogP contribution < -0.4 is 4.74 Å². The van der Waals surface area contributed by atoms with E-state index in [1.165, 1.54) is 12.1 Å². The van der Waals surface area contributed by atoms with Crippen LogP contribution in [-0.2, 0) is 17.8 Å². The normalized spacial score (nSPS) is 12.8. The zero-order chi connectivity index (χ0) is 28.7. The van der Waals surface area contributed by atoms with Crippen LogP contribution in [0.1, 0.15) is 66.3 Å². The number of aliphatic carboxylic acids is 1. The quantitative estimate of drug-likeness (QED) is 0.299. The van der Waals surface area contributed by atoms with Crippen LogP contribution in [-0.4, -0.2) is 68.2 Å². The fourth-order valence-corrected chi connectivity index (χ4v) is 4.54. The average Bonchev–Trinajstić information content (AvgIpc) is 3.27. The van der Waals surface area contributed by atoms with Crippen LogP contribution in [0, 0.1) is 5.82 Å². The molecule has 9 nitrogen and oxygen atoms in total. The maximum atomic E-state index is 13.7. The van der Waals surface area contributed by atoms with Gasteiger partial charge in [0.05, 0.1) is 31.4 Å². The summed E-state index contributed by atoms with van der Waals surface area (Å²) in [6.45, 7) is 4.24. The van der Waals surface area contributed by atoms with Crippen molar-refractivity contribution in [2.75, 3.05) is 14.2 Å². The first kappa shape index (κ1) is 29.8. The molecule has 0 aliphatic carbocycles. The third kappa shape index (κ3) is 7.87. The van der Waals surface area contributed by atoms with Crippen molar-refractivity contribution in [2.24, 2.45) is 0 Å². The number of methoxy groups -OCH3 is 1. The van der Waals surface area contributed by atoms with Crippen LogP contribution in [0.2, 0.25) is 0 Å². The van der Waals surface area contributed by atoms with Gasteiger partial charge in [0.2, 0.25) is 0 Å². The number of carboxylic acids is 1. The number of nitrogens with zero attached hydrogens (tertiary/aromatic N) is 3. The summed E-state index contributed by atoms with van der Waals surface area (Å²) in [4.78, 5) is 26.1. The molecule has 3 rings (SSSR count). The number of halogens is 1. The standard InChI is InChI=1S/C29H36FN3O6/c1-18(2)27-25(14-11-22(34)15-23(35)16-26(36)37)33(21-9-7-20(30)8-10-21)31-28(27)29(38)32(3)17-19-5-12-24(39-4)13-6-19/h5-10,12-13,18,22-23,34-35H,11,14-17H2,1-4H3,(H,36,37)/t22?,23-/m1/s1. The molecule has 0 spiro atoms. The minimum absolute atomic E-state index is 0.0929. The van der Waals surface area contributed by atoms with Gasteiger partial charge in [-0.05, 0) is 67.1 Å². The minimum Gasteiger partial charge on any atom is -0.497 e. The number of aromatic nitrogens is 2. The lowest BCUT2D eigenvalue weighted by molar-refractivity contribution is -0.139. The molecule has 0 aliphatic heterocycles. The van der Waals surface area contributed by atoms with E-state index in [2.05, 4.69) is 5.10 Å². The van der Waals surface area contributed by atoms with E-state index in [0.29, 0.717) is 29.9 Å². The number of ether oxygens (including phenoxy) is 1. The summed E-state index contributed by atoms with van der Waals surface area (Å²) < 4.78 is 20.5. The zero-order valence-electron chi connectivity index (χ0n) is 22.7. The van der Waals surface area contributed by atoms with E-state index in [1.807, 2.05) is 38.1 Å². The third-order valence-electron chi connectivity index (χ3n) is 6.47. The maximum Gasteiger partial charge on any atom is 0.305 e. The van der Waals surface area contributed by atoms with Crippen molar-refractivity contribution in [1.82, 2.24) is 14.7 Å². The SMILES string of the molecule is COc1ccc(CN(C)C(=O)c2nn(-c3ccc(F)cc3)c(CCC(O)C[C@@H](O)CC(=O)O)c2C(C)C)cc1. The molecule has 0 saturated heterocycles. The molecule has 1 amide bonds. The highest BCUT2D eigenvalue weighted by atomic mass is 19.1. The Labute approximate surface area is 227 Å². The molecule has 0 saturated carbocycles. The molecule has 0 bridgehead atoms. The number of rotatable bonds is 13. The van der Waals surface area contributed by atoms with Crippen LogP contribution in [0.4, 0.5) is 4.39 Å². The van der Waals surface area contributed by atoms with Gasteiger partial charge in [-0.2, -0.15) is 5.10 Å². The molecule has 1 heterocycles. The van der Waals surface area contributed by atoms with Crippen molar-refractivity contribution in [3.8, 4) is 11.4 Å². The maximum absolute atomic E-state index is 13.7. The topological polar surface area (TPSA) is 125 Å². The van der Waals surface area contributed by atoms with E-state index in [1.54, 1.807) is 35.9 Å². The van der Waals surface area contributed by atoms with E-state index in [9.17, 15) is 24.2 Å². The second-order valence-corrected chi connectivity index (χ2v) is 9.94. The van der Waals surface area contributed by atoms with E-state index in [-0.39, 0.29) is 30.4 Å². The molecule has 39 heavy (non-hydrogen) atoms. The summed E-state index contributed by atoms with van der Waals surface area (Å²) in [5.41, 5.74) is 3.14. The van der Waals surface area contributed by atoms with Gasteiger partial charge >= 0.3 is 5.97 Å². The van der Waals surface area contributed by atoms with Crippen LogP contribution in [0.5, 0.6) is 5.75 Å². The molecule has 0 fully saturated rings. The van der Waals surface area contributed by atoms with Crippen molar-refractivity contribution < 1.29 is 34.0 Å².